The molecular weight excluding hydrogens is 272 g/mol. The van der Waals surface area contributed by atoms with Gasteiger partial charge in [0.25, 0.3) is 0 Å². The van der Waals surface area contributed by atoms with Crippen LogP contribution in [-0.4, -0.2) is 0 Å². The van der Waals surface area contributed by atoms with Crippen molar-refractivity contribution < 1.29 is 4.39 Å². The Labute approximate surface area is 116 Å². The van der Waals surface area contributed by atoms with Crippen molar-refractivity contribution in [2.24, 2.45) is 0 Å². The van der Waals surface area contributed by atoms with E-state index >= 15 is 0 Å². The maximum Gasteiger partial charge on any atom is 0.123 e. The van der Waals surface area contributed by atoms with Crippen LogP contribution in [0.1, 0.15) is 11.1 Å². The maximum absolute atomic E-state index is 13.0. The zero-order chi connectivity index (χ0) is 13.1. The van der Waals surface area contributed by atoms with Gasteiger partial charge in [-0.15, -0.1) is 0 Å². The van der Waals surface area contributed by atoms with Gasteiger partial charge in [-0.1, -0.05) is 29.3 Å². The zero-order valence-electron chi connectivity index (χ0n) is 9.81. The largest absolute Gasteiger partial charge is 0.381 e. The fraction of sp³-hybridized carbons (Fsp3) is 0.143. The van der Waals surface area contributed by atoms with E-state index in [4.69, 9.17) is 23.2 Å². The molecule has 0 fully saturated rings. The average molecular weight is 284 g/mol. The highest BCUT2D eigenvalue weighted by Gasteiger charge is 2.06. The lowest BCUT2D eigenvalue weighted by molar-refractivity contribution is 0.627. The lowest BCUT2D eigenvalue weighted by atomic mass is 10.1. The van der Waals surface area contributed by atoms with Crippen LogP contribution in [0.3, 0.4) is 0 Å². The Morgan fingerprint density at radius 2 is 1.78 bits per heavy atom. The molecule has 0 heterocycles. The van der Waals surface area contributed by atoms with Crippen LogP contribution >= 0.6 is 23.2 Å². The molecule has 2 aromatic rings. The summed E-state index contributed by atoms with van der Waals surface area (Å²) >= 11 is 12.2. The summed E-state index contributed by atoms with van der Waals surface area (Å²) in [5, 5.41) is 4.44. The van der Waals surface area contributed by atoms with E-state index in [1.54, 1.807) is 24.3 Å². The van der Waals surface area contributed by atoms with Crippen LogP contribution in [0.15, 0.2) is 36.4 Å². The first-order valence-corrected chi connectivity index (χ1v) is 6.26. The summed E-state index contributed by atoms with van der Waals surface area (Å²) in [7, 11) is 0. The summed E-state index contributed by atoms with van der Waals surface area (Å²) in [5.41, 5.74) is 2.55. The maximum atomic E-state index is 13.0. The fourth-order valence-electron chi connectivity index (χ4n) is 1.71. The normalized spacial score (nSPS) is 10.4. The van der Waals surface area contributed by atoms with Gasteiger partial charge in [-0.2, -0.15) is 0 Å². The van der Waals surface area contributed by atoms with E-state index < -0.39 is 0 Å². The quantitative estimate of drug-likeness (QED) is 0.831. The number of benzene rings is 2. The van der Waals surface area contributed by atoms with Gasteiger partial charge in [0.15, 0.2) is 0 Å². The molecule has 0 aliphatic rings. The molecule has 0 amide bonds. The van der Waals surface area contributed by atoms with E-state index in [9.17, 15) is 4.39 Å². The molecule has 94 valence electrons. The summed E-state index contributed by atoms with van der Waals surface area (Å²) in [6.07, 6.45) is 0. The summed E-state index contributed by atoms with van der Waals surface area (Å²) in [6, 6.07) is 10.00. The van der Waals surface area contributed by atoms with E-state index in [1.165, 1.54) is 12.1 Å². The van der Waals surface area contributed by atoms with E-state index in [-0.39, 0.29) is 5.82 Å². The first-order chi connectivity index (χ1) is 8.58. The van der Waals surface area contributed by atoms with Gasteiger partial charge in [-0.25, -0.2) is 4.39 Å². The van der Waals surface area contributed by atoms with Gasteiger partial charge >= 0.3 is 0 Å². The van der Waals surface area contributed by atoms with Gasteiger partial charge in [-0.05, 0) is 42.8 Å². The lowest BCUT2D eigenvalue weighted by Gasteiger charge is -2.11. The van der Waals surface area contributed by atoms with Crippen molar-refractivity contribution in [3.05, 3.63) is 63.4 Å². The minimum absolute atomic E-state index is 0.242. The molecule has 0 saturated carbocycles. The van der Waals surface area contributed by atoms with E-state index in [2.05, 4.69) is 5.32 Å². The first-order valence-electron chi connectivity index (χ1n) is 5.51. The summed E-state index contributed by atoms with van der Waals surface area (Å²) in [6.45, 7) is 2.35. The molecule has 0 saturated heterocycles. The van der Waals surface area contributed by atoms with Crippen molar-refractivity contribution in [1.82, 2.24) is 0 Å². The SMILES string of the molecule is Cc1cc(F)ccc1NCc1c(Cl)cccc1Cl. The van der Waals surface area contributed by atoms with Gasteiger partial charge in [0.2, 0.25) is 0 Å². The van der Waals surface area contributed by atoms with Gasteiger partial charge < -0.3 is 5.32 Å². The second kappa shape index (κ2) is 5.59. The second-order valence-electron chi connectivity index (χ2n) is 4.01. The number of anilines is 1. The monoisotopic (exact) mass is 283 g/mol. The number of halogens is 3. The van der Waals surface area contributed by atoms with Crippen LogP contribution in [-0.2, 0) is 6.54 Å². The Hall–Kier alpha value is -1.25. The van der Waals surface area contributed by atoms with Crippen LogP contribution in [0.5, 0.6) is 0 Å². The zero-order valence-corrected chi connectivity index (χ0v) is 11.3. The Kier molecular flexibility index (Phi) is 4.10. The van der Waals surface area contributed by atoms with E-state index in [0.29, 0.717) is 16.6 Å². The van der Waals surface area contributed by atoms with Crippen molar-refractivity contribution in [3.8, 4) is 0 Å². The van der Waals surface area contributed by atoms with Crippen molar-refractivity contribution in [1.29, 1.82) is 0 Å². The number of hydrogen-bond acceptors (Lipinski definition) is 1. The molecule has 2 rings (SSSR count). The number of aryl methyl sites for hydroxylation is 1. The van der Waals surface area contributed by atoms with Crippen molar-refractivity contribution in [2.45, 2.75) is 13.5 Å². The molecular formula is C14H12Cl2FN. The van der Waals surface area contributed by atoms with Crippen LogP contribution in [0, 0.1) is 12.7 Å². The highest BCUT2D eigenvalue weighted by molar-refractivity contribution is 6.36. The third-order valence-electron chi connectivity index (χ3n) is 2.71. The Balaban J connectivity index is 2.16. The first kappa shape index (κ1) is 13.2. The third-order valence-corrected chi connectivity index (χ3v) is 3.41. The van der Waals surface area contributed by atoms with Gasteiger partial charge in [-0.3, -0.25) is 0 Å². The number of nitrogens with one attached hydrogen (secondary N) is 1. The van der Waals surface area contributed by atoms with Crippen molar-refractivity contribution >= 4 is 28.9 Å². The minimum atomic E-state index is -0.242. The third kappa shape index (κ3) is 2.95. The topological polar surface area (TPSA) is 12.0 Å². The Bertz CT molecular complexity index is 549. The number of hydrogen-bond donors (Lipinski definition) is 1. The average Bonchev–Trinajstić information content (AvgIpc) is 2.31. The van der Waals surface area contributed by atoms with Crippen LogP contribution in [0.4, 0.5) is 10.1 Å². The standard InChI is InChI=1S/C14H12Cl2FN/c1-9-7-10(17)5-6-14(9)18-8-11-12(15)3-2-4-13(11)16/h2-7,18H,8H2,1H3. The second-order valence-corrected chi connectivity index (χ2v) is 4.83. The van der Waals surface area contributed by atoms with Crippen molar-refractivity contribution in [3.63, 3.8) is 0 Å². The smallest absolute Gasteiger partial charge is 0.123 e. The fourth-order valence-corrected chi connectivity index (χ4v) is 2.24. The van der Waals surface area contributed by atoms with Crippen molar-refractivity contribution in [2.75, 3.05) is 5.32 Å². The summed E-state index contributed by atoms with van der Waals surface area (Å²) in [4.78, 5) is 0. The molecule has 0 aliphatic heterocycles. The molecule has 1 N–H and O–H groups in total. The molecule has 0 radical (unpaired) electrons. The predicted molar refractivity (Wildman–Crippen MR) is 74.9 cm³/mol. The predicted octanol–water partition coefficient (Wildman–Crippen LogP) is 5.05. The van der Waals surface area contributed by atoms with E-state index in [0.717, 1.165) is 16.8 Å². The molecule has 0 spiro atoms. The molecule has 4 heteroatoms. The van der Waals surface area contributed by atoms with Crippen LogP contribution in [0.2, 0.25) is 10.0 Å². The molecule has 0 bridgehead atoms. The van der Waals surface area contributed by atoms with Crippen LogP contribution in [0.25, 0.3) is 0 Å². The molecule has 0 atom stereocenters. The molecule has 2 aromatic carbocycles. The Morgan fingerprint density at radius 1 is 1.11 bits per heavy atom. The van der Waals surface area contributed by atoms with Crippen LogP contribution < -0.4 is 5.32 Å². The lowest BCUT2D eigenvalue weighted by Crippen LogP contribution is -2.02. The molecule has 0 aliphatic carbocycles. The van der Waals surface area contributed by atoms with Gasteiger partial charge in [0.1, 0.15) is 5.82 Å². The summed E-state index contributed by atoms with van der Waals surface area (Å²) < 4.78 is 13.0. The molecule has 0 unspecified atom stereocenters. The van der Waals surface area contributed by atoms with Gasteiger partial charge in [0, 0.05) is 27.8 Å². The van der Waals surface area contributed by atoms with E-state index in [1.807, 2.05) is 6.92 Å². The Morgan fingerprint density at radius 3 is 2.39 bits per heavy atom. The molecule has 18 heavy (non-hydrogen) atoms. The van der Waals surface area contributed by atoms with Gasteiger partial charge in [0.05, 0.1) is 0 Å². The summed E-state index contributed by atoms with van der Waals surface area (Å²) in [5.74, 6) is -0.242. The molecule has 0 aromatic heterocycles. The highest BCUT2D eigenvalue weighted by atomic mass is 35.5. The minimum Gasteiger partial charge on any atom is -0.381 e. The molecule has 1 nitrogen and oxygen atoms in total. The number of rotatable bonds is 3. The highest BCUT2D eigenvalue weighted by Crippen LogP contribution is 2.26.